The summed E-state index contributed by atoms with van der Waals surface area (Å²) in [6, 6.07) is 6.30. The first kappa shape index (κ1) is 16.3. The molecule has 118 valence electrons. The molecular formula is C14H16N2O5S. The van der Waals surface area contributed by atoms with Crippen molar-refractivity contribution in [3.63, 3.8) is 0 Å². The molecule has 1 aromatic carbocycles. The average Bonchev–Trinajstić information content (AvgIpc) is 2.46. The number of aryl methyl sites for hydroxylation is 1. The number of aromatic nitrogens is 1. The van der Waals surface area contributed by atoms with E-state index in [2.05, 4.69) is 9.71 Å². The highest BCUT2D eigenvalue weighted by atomic mass is 32.2. The van der Waals surface area contributed by atoms with Crippen LogP contribution >= 0.6 is 0 Å². The van der Waals surface area contributed by atoms with Crippen LogP contribution in [0.25, 0.3) is 10.9 Å². The van der Waals surface area contributed by atoms with Crippen molar-refractivity contribution in [1.29, 1.82) is 0 Å². The molecule has 0 saturated heterocycles. The lowest BCUT2D eigenvalue weighted by Gasteiger charge is -2.18. The summed E-state index contributed by atoms with van der Waals surface area (Å²) in [4.78, 5) is 15.0. The van der Waals surface area contributed by atoms with Crippen LogP contribution in [0.2, 0.25) is 0 Å². The first-order valence-electron chi connectivity index (χ1n) is 6.45. The lowest BCUT2D eigenvalue weighted by molar-refractivity contribution is -0.155. The number of aliphatic carboxylic acids is 1. The summed E-state index contributed by atoms with van der Waals surface area (Å²) in [7, 11) is -3.98. The van der Waals surface area contributed by atoms with Crippen LogP contribution in [-0.2, 0) is 14.8 Å². The maximum Gasteiger partial charge on any atom is 0.336 e. The zero-order valence-electron chi connectivity index (χ0n) is 12.1. The SMILES string of the molecule is Cc1ccc(S(=O)(=O)NCC(C)(O)C(=O)O)c2cccnc12. The van der Waals surface area contributed by atoms with Crippen molar-refractivity contribution < 1.29 is 23.4 Å². The van der Waals surface area contributed by atoms with Crippen LogP contribution in [0, 0.1) is 6.92 Å². The minimum absolute atomic E-state index is 0.0117. The third-order valence-corrected chi connectivity index (χ3v) is 4.75. The summed E-state index contributed by atoms with van der Waals surface area (Å²) < 4.78 is 26.9. The minimum atomic E-state index is -3.98. The predicted octanol–water partition coefficient (Wildman–Crippen LogP) is 0.657. The van der Waals surface area contributed by atoms with E-state index in [-0.39, 0.29) is 4.90 Å². The number of sulfonamides is 1. The molecule has 0 amide bonds. The van der Waals surface area contributed by atoms with Gasteiger partial charge in [-0.15, -0.1) is 0 Å². The quantitative estimate of drug-likeness (QED) is 0.744. The number of hydrogen-bond donors (Lipinski definition) is 3. The van der Waals surface area contributed by atoms with E-state index in [0.29, 0.717) is 10.9 Å². The Morgan fingerprint density at radius 1 is 1.36 bits per heavy atom. The maximum atomic E-state index is 12.4. The van der Waals surface area contributed by atoms with Gasteiger partial charge in [0.2, 0.25) is 10.0 Å². The first-order chi connectivity index (χ1) is 10.1. The molecule has 0 aliphatic heterocycles. The number of carboxylic acids is 1. The molecule has 1 aromatic heterocycles. The molecule has 0 radical (unpaired) electrons. The van der Waals surface area contributed by atoms with Crippen molar-refractivity contribution in [2.24, 2.45) is 0 Å². The summed E-state index contributed by atoms with van der Waals surface area (Å²) in [6.07, 6.45) is 1.56. The Balaban J connectivity index is 2.43. The molecule has 0 aliphatic carbocycles. The molecule has 0 aliphatic rings. The van der Waals surface area contributed by atoms with Crippen molar-refractivity contribution in [3.8, 4) is 0 Å². The van der Waals surface area contributed by atoms with E-state index >= 15 is 0 Å². The summed E-state index contributed by atoms with van der Waals surface area (Å²) in [5.74, 6) is -1.51. The Hall–Kier alpha value is -2.03. The number of nitrogens with one attached hydrogen (secondary N) is 1. The second-order valence-electron chi connectivity index (χ2n) is 5.18. The van der Waals surface area contributed by atoms with Crippen LogP contribution in [0.4, 0.5) is 0 Å². The summed E-state index contributed by atoms with van der Waals surface area (Å²) in [5, 5.41) is 18.9. The van der Waals surface area contributed by atoms with Crippen molar-refractivity contribution in [2.75, 3.05) is 6.54 Å². The molecule has 2 rings (SSSR count). The fraction of sp³-hybridized carbons (Fsp3) is 0.286. The second-order valence-corrected chi connectivity index (χ2v) is 6.92. The maximum absolute atomic E-state index is 12.4. The number of carbonyl (C=O) groups is 1. The van der Waals surface area contributed by atoms with Crippen LogP contribution in [0.15, 0.2) is 35.4 Å². The van der Waals surface area contributed by atoms with Crippen molar-refractivity contribution in [1.82, 2.24) is 9.71 Å². The second kappa shape index (κ2) is 5.64. The largest absolute Gasteiger partial charge is 0.479 e. The molecule has 1 atom stereocenters. The molecule has 0 bridgehead atoms. The van der Waals surface area contributed by atoms with Crippen molar-refractivity contribution in [2.45, 2.75) is 24.3 Å². The van der Waals surface area contributed by atoms with Crippen LogP contribution in [0.3, 0.4) is 0 Å². The van der Waals surface area contributed by atoms with Gasteiger partial charge in [-0.1, -0.05) is 6.07 Å². The van der Waals surface area contributed by atoms with E-state index in [0.717, 1.165) is 12.5 Å². The molecule has 2 aromatic rings. The summed E-state index contributed by atoms with van der Waals surface area (Å²) in [5.41, 5.74) is -0.811. The van der Waals surface area contributed by atoms with Crippen LogP contribution < -0.4 is 4.72 Å². The lowest BCUT2D eigenvalue weighted by Crippen LogP contribution is -2.46. The number of nitrogens with zero attached hydrogens (tertiary/aromatic N) is 1. The van der Waals surface area contributed by atoms with E-state index < -0.39 is 28.1 Å². The standard InChI is InChI=1S/C14H16N2O5S/c1-9-5-6-11(10-4-3-7-15-12(9)10)22(20,21)16-8-14(2,19)13(17)18/h3-7,16,19H,8H2,1-2H3,(H,17,18). The van der Waals surface area contributed by atoms with Crippen LogP contribution in [-0.4, -0.2) is 41.7 Å². The fourth-order valence-electron chi connectivity index (χ4n) is 1.91. The highest BCUT2D eigenvalue weighted by Crippen LogP contribution is 2.24. The van der Waals surface area contributed by atoms with Gasteiger partial charge in [0, 0.05) is 11.6 Å². The Morgan fingerprint density at radius 2 is 2.05 bits per heavy atom. The predicted molar refractivity (Wildman–Crippen MR) is 79.9 cm³/mol. The topological polar surface area (TPSA) is 117 Å². The Bertz CT molecular complexity index is 830. The first-order valence-corrected chi connectivity index (χ1v) is 7.93. The molecule has 0 saturated carbocycles. The van der Waals surface area contributed by atoms with E-state index in [9.17, 15) is 18.3 Å². The van der Waals surface area contributed by atoms with Gasteiger partial charge in [-0.3, -0.25) is 4.98 Å². The Kier molecular flexibility index (Phi) is 4.19. The van der Waals surface area contributed by atoms with Gasteiger partial charge in [0.25, 0.3) is 0 Å². The van der Waals surface area contributed by atoms with Gasteiger partial charge in [-0.2, -0.15) is 0 Å². The molecule has 7 nitrogen and oxygen atoms in total. The smallest absolute Gasteiger partial charge is 0.336 e. The molecule has 0 fully saturated rings. The number of fused-ring (bicyclic) bond motifs is 1. The van der Waals surface area contributed by atoms with Crippen molar-refractivity contribution >= 4 is 26.9 Å². The van der Waals surface area contributed by atoms with E-state index in [1.54, 1.807) is 24.4 Å². The lowest BCUT2D eigenvalue weighted by atomic mass is 10.1. The van der Waals surface area contributed by atoms with Gasteiger partial charge in [0.15, 0.2) is 5.60 Å². The van der Waals surface area contributed by atoms with Crippen LogP contribution in [0.1, 0.15) is 12.5 Å². The third kappa shape index (κ3) is 3.08. The Labute approximate surface area is 127 Å². The highest BCUT2D eigenvalue weighted by Gasteiger charge is 2.32. The number of hydrogen-bond acceptors (Lipinski definition) is 5. The van der Waals surface area contributed by atoms with Gasteiger partial charge in [-0.25, -0.2) is 17.9 Å². The molecule has 0 spiro atoms. The molecule has 22 heavy (non-hydrogen) atoms. The minimum Gasteiger partial charge on any atom is -0.479 e. The van der Waals surface area contributed by atoms with Gasteiger partial charge in [-0.05, 0) is 37.6 Å². The van der Waals surface area contributed by atoms with Crippen molar-refractivity contribution in [3.05, 3.63) is 36.0 Å². The van der Waals surface area contributed by atoms with E-state index in [1.807, 2.05) is 6.92 Å². The molecule has 8 heteroatoms. The molecular weight excluding hydrogens is 308 g/mol. The zero-order valence-corrected chi connectivity index (χ0v) is 12.9. The average molecular weight is 324 g/mol. The van der Waals surface area contributed by atoms with Gasteiger partial charge < -0.3 is 10.2 Å². The van der Waals surface area contributed by atoms with Gasteiger partial charge in [0.05, 0.1) is 17.0 Å². The number of aliphatic hydroxyl groups is 1. The summed E-state index contributed by atoms with van der Waals surface area (Å²) in [6.45, 7) is 2.20. The number of rotatable bonds is 5. The zero-order chi connectivity index (χ0) is 16.5. The number of pyridine rings is 1. The molecule has 1 unspecified atom stereocenters. The molecule has 3 N–H and O–H groups in total. The monoisotopic (exact) mass is 324 g/mol. The fourth-order valence-corrected chi connectivity index (χ4v) is 3.24. The van der Waals surface area contributed by atoms with E-state index in [4.69, 9.17) is 5.11 Å². The molecule has 1 heterocycles. The number of benzene rings is 1. The highest BCUT2D eigenvalue weighted by molar-refractivity contribution is 7.89. The normalized spacial score (nSPS) is 14.7. The Morgan fingerprint density at radius 3 is 2.68 bits per heavy atom. The number of carboxylic acid groups (broad SMARTS) is 1. The summed E-state index contributed by atoms with van der Waals surface area (Å²) >= 11 is 0. The van der Waals surface area contributed by atoms with Crippen LogP contribution in [0.5, 0.6) is 0 Å². The third-order valence-electron chi connectivity index (χ3n) is 3.29. The van der Waals surface area contributed by atoms with Gasteiger partial charge in [0.1, 0.15) is 0 Å². The van der Waals surface area contributed by atoms with E-state index in [1.165, 1.54) is 6.07 Å². The van der Waals surface area contributed by atoms with Gasteiger partial charge >= 0.3 is 5.97 Å².